The van der Waals surface area contributed by atoms with E-state index in [1.54, 1.807) is 23.3 Å². The van der Waals surface area contributed by atoms with E-state index in [-0.39, 0.29) is 12.0 Å². The lowest BCUT2D eigenvalue weighted by Gasteiger charge is -2.31. The first-order chi connectivity index (χ1) is 20.8. The van der Waals surface area contributed by atoms with Gasteiger partial charge in [-0.05, 0) is 49.3 Å². The molecule has 1 fully saturated rings. The van der Waals surface area contributed by atoms with Gasteiger partial charge in [-0.1, -0.05) is 28.5 Å². The van der Waals surface area contributed by atoms with E-state index in [9.17, 15) is 22.4 Å². The van der Waals surface area contributed by atoms with Gasteiger partial charge in [0, 0.05) is 36.4 Å². The minimum atomic E-state index is -3.01. The summed E-state index contributed by atoms with van der Waals surface area (Å²) in [6.45, 7) is 0.306. The highest BCUT2D eigenvalue weighted by atomic mass is 32.1. The van der Waals surface area contributed by atoms with Gasteiger partial charge < -0.3 is 14.6 Å². The van der Waals surface area contributed by atoms with E-state index in [1.165, 1.54) is 5.56 Å². The maximum atomic E-state index is 13.3. The fourth-order valence-corrected chi connectivity index (χ4v) is 7.00. The van der Waals surface area contributed by atoms with Gasteiger partial charge in [-0.25, -0.2) is 22.5 Å². The third-order valence-electron chi connectivity index (χ3n) is 8.16. The third kappa shape index (κ3) is 6.01. The Hall–Kier alpha value is -3.81. The second-order valence-corrected chi connectivity index (χ2v) is 11.7. The number of alkyl halides is 4. The fraction of sp³-hybridized carbons (Fsp3) is 0.483. The van der Waals surface area contributed by atoms with Crippen molar-refractivity contribution in [3.8, 4) is 0 Å². The fourth-order valence-electron chi connectivity index (χ4n) is 6.00. The van der Waals surface area contributed by atoms with Crippen LogP contribution in [0.15, 0.2) is 40.0 Å². The van der Waals surface area contributed by atoms with Gasteiger partial charge in [0.1, 0.15) is 30.8 Å². The van der Waals surface area contributed by atoms with Crippen molar-refractivity contribution in [2.45, 2.75) is 69.9 Å². The Morgan fingerprint density at radius 1 is 1.19 bits per heavy atom. The average molecular weight is 619 g/mol. The minimum Gasteiger partial charge on any atom is -0.399 e. The highest BCUT2D eigenvalue weighted by Crippen LogP contribution is 2.37. The third-order valence-corrected chi connectivity index (χ3v) is 9.16. The quantitative estimate of drug-likeness (QED) is 0.222. The Morgan fingerprint density at radius 3 is 2.74 bits per heavy atom. The van der Waals surface area contributed by atoms with E-state index in [0.29, 0.717) is 43.1 Å². The van der Waals surface area contributed by atoms with Crippen LogP contribution in [0.3, 0.4) is 0 Å². The first kappa shape index (κ1) is 29.3. The Morgan fingerprint density at radius 2 is 2.00 bits per heavy atom. The van der Waals surface area contributed by atoms with E-state index in [1.807, 2.05) is 11.4 Å². The molecular formula is C29H30F4N6O3S. The van der Waals surface area contributed by atoms with Gasteiger partial charge in [-0.15, -0.1) is 11.3 Å². The number of rotatable bonds is 8. The summed E-state index contributed by atoms with van der Waals surface area (Å²) in [5.74, 6) is -0.302. The lowest BCUT2D eigenvalue weighted by Crippen LogP contribution is -2.40. The van der Waals surface area contributed by atoms with Crippen molar-refractivity contribution in [1.82, 2.24) is 19.7 Å². The van der Waals surface area contributed by atoms with Crippen LogP contribution in [0.1, 0.15) is 95.8 Å². The van der Waals surface area contributed by atoms with Crippen LogP contribution in [0.5, 0.6) is 0 Å². The molecule has 3 aliphatic rings. The zero-order valence-corrected chi connectivity index (χ0v) is 24.2. The number of carbonyl (C=O) groups excluding carboxylic acids is 1. The van der Waals surface area contributed by atoms with E-state index in [4.69, 9.17) is 14.7 Å². The molecule has 43 heavy (non-hydrogen) atoms. The van der Waals surface area contributed by atoms with Gasteiger partial charge in [0.15, 0.2) is 6.10 Å². The van der Waals surface area contributed by atoms with E-state index >= 15 is 0 Å². The summed E-state index contributed by atoms with van der Waals surface area (Å²) < 4.78 is 53.2. The second kappa shape index (κ2) is 12.4. The number of thiazole rings is 1. The number of aromatic nitrogens is 3. The summed E-state index contributed by atoms with van der Waals surface area (Å²) in [5.41, 5.74) is 4.48. The summed E-state index contributed by atoms with van der Waals surface area (Å²) in [6, 6.07) is 6.81. The first-order valence-electron chi connectivity index (χ1n) is 14.1. The molecule has 2 aliphatic heterocycles. The predicted octanol–water partition coefficient (Wildman–Crippen LogP) is 6.17. The van der Waals surface area contributed by atoms with E-state index < -0.39 is 36.7 Å². The molecule has 9 nitrogen and oxygen atoms in total. The van der Waals surface area contributed by atoms with Crippen LogP contribution >= 0.6 is 11.3 Å². The maximum Gasteiger partial charge on any atom is 0.282 e. The number of carbonyl (C=O) groups is 1. The summed E-state index contributed by atoms with van der Waals surface area (Å²) in [4.78, 5) is 30.2. The predicted molar refractivity (Wildman–Crippen MR) is 151 cm³/mol. The van der Waals surface area contributed by atoms with Crippen molar-refractivity contribution in [2.24, 2.45) is 10.3 Å². The van der Waals surface area contributed by atoms with Crippen LogP contribution in [-0.4, -0.2) is 57.2 Å². The number of fused-ring (bicyclic) bond motifs is 1. The van der Waals surface area contributed by atoms with Crippen LogP contribution < -0.4 is 0 Å². The number of oxime groups is 2. The topological polar surface area (TPSA) is 94.2 Å². The molecule has 0 saturated carbocycles. The molecule has 3 aromatic rings. The number of hydrogen-bond acceptors (Lipinski definition) is 8. The first-order valence-corrected chi connectivity index (χ1v) is 15.0. The molecule has 1 saturated heterocycles. The monoisotopic (exact) mass is 618 g/mol. The van der Waals surface area contributed by atoms with Crippen molar-refractivity contribution in [3.63, 3.8) is 0 Å². The van der Waals surface area contributed by atoms with Crippen LogP contribution in [0.25, 0.3) is 0 Å². The van der Waals surface area contributed by atoms with E-state index in [2.05, 4.69) is 27.5 Å². The number of amides is 1. The molecule has 1 aromatic carbocycles. The molecule has 0 bridgehead atoms. The van der Waals surface area contributed by atoms with Crippen molar-refractivity contribution in [1.29, 1.82) is 0 Å². The largest absolute Gasteiger partial charge is 0.399 e. The lowest BCUT2D eigenvalue weighted by molar-refractivity contribution is -0.133. The molecule has 2 aromatic heterocycles. The molecule has 6 rings (SSSR count). The number of halogens is 4. The Bertz CT molecular complexity index is 1550. The second-order valence-electron chi connectivity index (χ2n) is 10.8. The zero-order chi connectivity index (χ0) is 30.1. The van der Waals surface area contributed by atoms with Crippen LogP contribution in [0.4, 0.5) is 17.6 Å². The zero-order valence-electron chi connectivity index (χ0n) is 23.4. The number of nitrogens with zero attached hydrogens (tertiary/aromatic N) is 6. The SMILES string of the molecule is CON=C1CCCc2c1cccc2C1CC(c2csc(C3CCN(C(=O)Cn4nc(C(F)F)cc4C(F)F)CC3)n2)=NO1. The smallest absolute Gasteiger partial charge is 0.282 e. The number of benzene rings is 1. The maximum absolute atomic E-state index is 13.3. The number of hydrogen-bond donors (Lipinski definition) is 0. The molecule has 14 heteroatoms. The number of piperidine rings is 1. The summed E-state index contributed by atoms with van der Waals surface area (Å²) >= 11 is 1.54. The molecule has 228 valence electrons. The molecule has 4 heterocycles. The van der Waals surface area contributed by atoms with Crippen molar-refractivity contribution in [2.75, 3.05) is 20.2 Å². The van der Waals surface area contributed by atoms with Gasteiger partial charge in [-0.3, -0.25) is 9.48 Å². The van der Waals surface area contributed by atoms with Crippen LogP contribution in [0, 0.1) is 0 Å². The standard InChI is InChI=1S/C29H30F4N6O3S/c1-41-36-20-7-3-4-17-18(20)5-2-6-19(17)25-13-21(37-42-25)23-15-43-29(34-23)16-8-10-38(11-9-16)26(40)14-39-24(28(32)33)12-22(35-39)27(30)31/h2,5-6,12,15-16,25,27-28H,3-4,7-11,13-14H2,1H3. The lowest BCUT2D eigenvalue weighted by atomic mass is 9.84. The Balaban J connectivity index is 1.06. The number of likely N-dealkylation sites (tertiary alicyclic amines) is 1. The van der Waals surface area contributed by atoms with Crippen molar-refractivity contribution in [3.05, 3.63) is 68.4 Å². The van der Waals surface area contributed by atoms with Gasteiger partial charge in [0.2, 0.25) is 5.91 Å². The van der Waals surface area contributed by atoms with Gasteiger partial charge in [-0.2, -0.15) is 5.10 Å². The molecule has 1 atom stereocenters. The van der Waals surface area contributed by atoms with E-state index in [0.717, 1.165) is 52.5 Å². The normalized spacial score (nSPS) is 20.1. The minimum absolute atomic E-state index is 0.132. The molecule has 1 unspecified atom stereocenters. The molecule has 1 amide bonds. The average Bonchev–Trinajstić information content (AvgIpc) is 3.77. The summed E-state index contributed by atoms with van der Waals surface area (Å²) in [5, 5.41) is 15.0. The van der Waals surface area contributed by atoms with Crippen LogP contribution in [0.2, 0.25) is 0 Å². The molecule has 0 N–H and O–H groups in total. The molecule has 1 aliphatic carbocycles. The molecule has 0 radical (unpaired) electrons. The van der Waals surface area contributed by atoms with Crippen LogP contribution in [-0.2, 0) is 27.4 Å². The Kier molecular flexibility index (Phi) is 8.46. The van der Waals surface area contributed by atoms with Gasteiger partial charge >= 0.3 is 0 Å². The highest BCUT2D eigenvalue weighted by molar-refractivity contribution is 7.10. The highest BCUT2D eigenvalue weighted by Gasteiger charge is 2.32. The molecular weight excluding hydrogens is 588 g/mol. The van der Waals surface area contributed by atoms with Crippen molar-refractivity contribution < 1.29 is 32.0 Å². The molecule has 0 spiro atoms. The van der Waals surface area contributed by atoms with Gasteiger partial charge in [0.25, 0.3) is 12.9 Å². The van der Waals surface area contributed by atoms with Gasteiger partial charge in [0.05, 0.1) is 16.4 Å². The summed E-state index contributed by atoms with van der Waals surface area (Å²) in [7, 11) is 1.56. The van der Waals surface area contributed by atoms with Crippen molar-refractivity contribution >= 4 is 28.7 Å². The Labute approximate surface area is 249 Å². The summed E-state index contributed by atoms with van der Waals surface area (Å²) in [6.07, 6.45) is -1.50.